The van der Waals surface area contributed by atoms with Crippen LogP contribution in [0, 0.1) is 0 Å². The van der Waals surface area contributed by atoms with E-state index >= 15 is 0 Å². The van der Waals surface area contributed by atoms with E-state index in [-0.39, 0.29) is 5.97 Å². The molecule has 0 fully saturated rings. The molecule has 5 nitrogen and oxygen atoms in total. The number of esters is 1. The predicted octanol–water partition coefficient (Wildman–Crippen LogP) is 5.62. The van der Waals surface area contributed by atoms with Crippen LogP contribution in [0.1, 0.15) is 76.1 Å². The van der Waals surface area contributed by atoms with E-state index in [0.29, 0.717) is 44.5 Å². The van der Waals surface area contributed by atoms with Crippen molar-refractivity contribution in [3.63, 3.8) is 0 Å². The molecule has 0 N–H and O–H groups in total. The number of carbonyl (C=O) groups excluding carboxylic acids is 1. The van der Waals surface area contributed by atoms with Crippen LogP contribution in [-0.4, -0.2) is 41.2 Å². The van der Waals surface area contributed by atoms with Crippen LogP contribution in [0.2, 0.25) is 6.04 Å². The number of unbranched alkanes of at least 4 members (excludes halogenated alkanes) is 3. The molecule has 0 aliphatic carbocycles. The van der Waals surface area contributed by atoms with Gasteiger partial charge in [0, 0.05) is 25.9 Å². The summed E-state index contributed by atoms with van der Waals surface area (Å²) in [6.07, 6.45) is 6.87. The third-order valence-electron chi connectivity index (χ3n) is 4.33. The Balaban J connectivity index is 2.59. The van der Waals surface area contributed by atoms with Crippen molar-refractivity contribution in [2.45, 2.75) is 71.8 Å². The van der Waals surface area contributed by atoms with Crippen molar-refractivity contribution in [2.75, 3.05) is 26.4 Å². The molecule has 0 atom stereocenters. The van der Waals surface area contributed by atoms with Gasteiger partial charge in [0.05, 0.1) is 12.2 Å². The van der Waals surface area contributed by atoms with Crippen LogP contribution in [0.5, 0.6) is 0 Å². The Morgan fingerprint density at radius 3 is 1.71 bits per heavy atom. The Morgan fingerprint density at radius 1 is 0.750 bits per heavy atom. The first-order valence-electron chi connectivity index (χ1n) is 10.8. The van der Waals surface area contributed by atoms with Gasteiger partial charge in [0.2, 0.25) is 0 Å². The number of ether oxygens (including phenoxy) is 1. The molecule has 1 aromatic rings. The van der Waals surface area contributed by atoms with Crippen molar-refractivity contribution in [3.8, 4) is 0 Å². The van der Waals surface area contributed by atoms with Gasteiger partial charge < -0.3 is 18.0 Å². The van der Waals surface area contributed by atoms with Crippen molar-refractivity contribution in [1.82, 2.24) is 0 Å². The van der Waals surface area contributed by atoms with E-state index in [2.05, 4.69) is 20.8 Å². The van der Waals surface area contributed by atoms with Crippen molar-refractivity contribution in [3.05, 3.63) is 35.9 Å². The third-order valence-corrected chi connectivity index (χ3v) is 7.23. The fourth-order valence-corrected chi connectivity index (χ4v) is 5.20. The lowest BCUT2D eigenvalue weighted by Gasteiger charge is -2.30. The van der Waals surface area contributed by atoms with Crippen molar-refractivity contribution in [2.24, 2.45) is 0 Å². The fourth-order valence-electron chi connectivity index (χ4n) is 2.57. The van der Waals surface area contributed by atoms with Gasteiger partial charge in [0.25, 0.3) is 0 Å². The van der Waals surface area contributed by atoms with Gasteiger partial charge in [-0.1, -0.05) is 58.2 Å². The van der Waals surface area contributed by atoms with Gasteiger partial charge in [-0.25, -0.2) is 4.79 Å². The average molecular weight is 411 g/mol. The van der Waals surface area contributed by atoms with Crippen LogP contribution in [0.4, 0.5) is 0 Å². The van der Waals surface area contributed by atoms with Crippen LogP contribution in [-0.2, 0) is 18.0 Å². The monoisotopic (exact) mass is 410 g/mol. The number of hydrogen-bond donors (Lipinski definition) is 0. The molecule has 0 amide bonds. The molecule has 1 aromatic carbocycles. The van der Waals surface area contributed by atoms with Gasteiger partial charge >= 0.3 is 14.8 Å². The molecular formula is C22H38O5Si. The minimum Gasteiger partial charge on any atom is -0.462 e. The summed E-state index contributed by atoms with van der Waals surface area (Å²) in [5.41, 5.74) is 0.573. The highest BCUT2D eigenvalue weighted by atomic mass is 28.4. The van der Waals surface area contributed by atoms with E-state index in [9.17, 15) is 4.79 Å². The summed E-state index contributed by atoms with van der Waals surface area (Å²) in [7, 11) is -2.75. The molecule has 0 saturated carbocycles. The molecular weight excluding hydrogens is 372 g/mol. The molecule has 0 radical (unpaired) electrons. The second kappa shape index (κ2) is 15.7. The standard InChI is InChI=1S/C22H38O5Si/c1-4-7-17-25-28(26-18-8-5-2,27-19-9-6-3)20-13-16-24-22(23)21-14-11-10-12-15-21/h10-12,14-15H,4-9,13,16-20H2,1-3H3. The first-order valence-corrected chi connectivity index (χ1v) is 12.7. The Bertz CT molecular complexity index is 482. The lowest BCUT2D eigenvalue weighted by Crippen LogP contribution is -2.47. The molecule has 0 aliphatic heterocycles. The Labute approximate surface area is 172 Å². The zero-order chi connectivity index (χ0) is 20.5. The second-order valence-electron chi connectivity index (χ2n) is 6.89. The normalized spacial score (nSPS) is 11.5. The first kappa shape index (κ1) is 24.8. The van der Waals surface area contributed by atoms with Crippen LogP contribution >= 0.6 is 0 Å². The van der Waals surface area contributed by atoms with E-state index < -0.39 is 8.80 Å². The van der Waals surface area contributed by atoms with E-state index in [1.54, 1.807) is 12.1 Å². The highest BCUT2D eigenvalue weighted by molar-refractivity contribution is 6.60. The van der Waals surface area contributed by atoms with Gasteiger partial charge in [0.1, 0.15) is 0 Å². The smallest absolute Gasteiger partial charge is 0.462 e. The minimum absolute atomic E-state index is 0.293. The zero-order valence-electron chi connectivity index (χ0n) is 17.9. The highest BCUT2D eigenvalue weighted by Gasteiger charge is 2.40. The Hall–Kier alpha value is -1.21. The summed E-state index contributed by atoms with van der Waals surface area (Å²) in [6.45, 7) is 8.75. The number of rotatable bonds is 17. The molecule has 6 heteroatoms. The van der Waals surface area contributed by atoms with Gasteiger partial charge in [-0.2, -0.15) is 0 Å². The quantitative estimate of drug-likeness (QED) is 0.189. The number of carbonyl (C=O) groups is 1. The summed E-state index contributed by atoms with van der Waals surface area (Å²) in [5.74, 6) is -0.293. The minimum atomic E-state index is -2.75. The maximum atomic E-state index is 12.1. The topological polar surface area (TPSA) is 54.0 Å². The Kier molecular flexibility index (Phi) is 13.9. The summed E-state index contributed by atoms with van der Waals surface area (Å²) in [4.78, 5) is 12.1. The van der Waals surface area contributed by atoms with Crippen LogP contribution in [0.3, 0.4) is 0 Å². The molecule has 0 unspecified atom stereocenters. The summed E-state index contributed by atoms with van der Waals surface area (Å²) < 4.78 is 24.0. The van der Waals surface area contributed by atoms with Crippen molar-refractivity contribution < 1.29 is 22.8 Å². The lowest BCUT2D eigenvalue weighted by molar-refractivity contribution is 0.0436. The fraction of sp³-hybridized carbons (Fsp3) is 0.682. The summed E-state index contributed by atoms with van der Waals surface area (Å²) >= 11 is 0. The molecule has 0 bridgehead atoms. The highest BCUT2D eigenvalue weighted by Crippen LogP contribution is 2.20. The number of hydrogen-bond acceptors (Lipinski definition) is 5. The molecule has 0 aromatic heterocycles. The molecule has 0 saturated heterocycles. The van der Waals surface area contributed by atoms with Gasteiger partial charge in [-0.3, -0.25) is 0 Å². The van der Waals surface area contributed by atoms with Crippen LogP contribution in [0.25, 0.3) is 0 Å². The van der Waals surface area contributed by atoms with Crippen LogP contribution < -0.4 is 0 Å². The number of benzene rings is 1. The van der Waals surface area contributed by atoms with Crippen molar-refractivity contribution in [1.29, 1.82) is 0 Å². The first-order chi connectivity index (χ1) is 13.7. The summed E-state index contributed by atoms with van der Waals surface area (Å²) in [5, 5.41) is 0. The second-order valence-corrected chi connectivity index (χ2v) is 9.63. The zero-order valence-corrected chi connectivity index (χ0v) is 18.9. The van der Waals surface area contributed by atoms with Gasteiger partial charge in [0.15, 0.2) is 0 Å². The van der Waals surface area contributed by atoms with Gasteiger partial charge in [-0.05, 0) is 37.8 Å². The molecule has 1 rings (SSSR count). The molecule has 0 heterocycles. The predicted molar refractivity (Wildman–Crippen MR) is 114 cm³/mol. The Morgan fingerprint density at radius 2 is 1.25 bits per heavy atom. The van der Waals surface area contributed by atoms with E-state index in [1.165, 1.54) is 0 Å². The molecule has 160 valence electrons. The maximum absolute atomic E-state index is 12.1. The summed E-state index contributed by atoms with van der Waals surface area (Å²) in [6, 6.07) is 9.74. The molecule has 0 spiro atoms. The SMILES string of the molecule is CCCCO[Si](CCCOC(=O)c1ccccc1)(OCCCC)OCCCC. The third kappa shape index (κ3) is 10.4. The van der Waals surface area contributed by atoms with Gasteiger partial charge in [-0.15, -0.1) is 0 Å². The van der Waals surface area contributed by atoms with E-state index in [0.717, 1.165) is 38.5 Å². The molecule has 0 aliphatic rings. The van der Waals surface area contributed by atoms with E-state index in [1.807, 2.05) is 18.2 Å². The molecule has 28 heavy (non-hydrogen) atoms. The largest absolute Gasteiger partial charge is 0.501 e. The average Bonchev–Trinajstić information content (AvgIpc) is 2.72. The van der Waals surface area contributed by atoms with Crippen molar-refractivity contribution >= 4 is 14.8 Å². The maximum Gasteiger partial charge on any atom is 0.501 e. The lowest BCUT2D eigenvalue weighted by atomic mass is 10.2. The van der Waals surface area contributed by atoms with Crippen LogP contribution in [0.15, 0.2) is 30.3 Å². The van der Waals surface area contributed by atoms with E-state index in [4.69, 9.17) is 18.0 Å².